The number of nitrogen functional groups attached to an aromatic ring is 1. The van der Waals surface area contributed by atoms with Crippen molar-refractivity contribution in [1.82, 2.24) is 14.9 Å². The normalized spacial score (nSPS) is 15.9. The number of aliphatic hydroxyl groups excluding tert-OH is 1. The molecule has 3 rings (SSSR count). The van der Waals surface area contributed by atoms with Crippen molar-refractivity contribution in [3.63, 3.8) is 0 Å². The van der Waals surface area contributed by atoms with Crippen molar-refractivity contribution in [3.05, 3.63) is 46.6 Å². The van der Waals surface area contributed by atoms with E-state index in [1.807, 2.05) is 0 Å². The van der Waals surface area contributed by atoms with Crippen molar-refractivity contribution >= 4 is 23.4 Å². The molecule has 1 aliphatic rings. The molecule has 0 radical (unpaired) electrons. The molecule has 23 heavy (non-hydrogen) atoms. The Hall–Kier alpha value is -1.89. The maximum atomic E-state index is 10.2. The van der Waals surface area contributed by atoms with Gasteiger partial charge in [0.05, 0.1) is 6.10 Å². The van der Waals surface area contributed by atoms with E-state index in [2.05, 4.69) is 44.5 Å². The number of β-amino-alcohol motifs (C(OH)–C–C–N with tert-alkyl or cyclic N) is 1. The van der Waals surface area contributed by atoms with Gasteiger partial charge in [-0.3, -0.25) is 4.90 Å². The maximum Gasteiger partial charge on any atom is 0.223 e. The van der Waals surface area contributed by atoms with Crippen LogP contribution in [0.25, 0.3) is 0 Å². The van der Waals surface area contributed by atoms with Crippen LogP contribution in [0.1, 0.15) is 11.1 Å². The number of nitrogens with two attached hydrogens (primary N) is 1. The predicted octanol–water partition coefficient (Wildman–Crippen LogP) is 1.54. The second-order valence-electron chi connectivity index (χ2n) is 5.72. The summed E-state index contributed by atoms with van der Waals surface area (Å²) < 4.78 is 0. The van der Waals surface area contributed by atoms with Gasteiger partial charge in [-0.2, -0.15) is 4.98 Å². The summed E-state index contributed by atoms with van der Waals surface area (Å²) in [6, 6.07) is 10.0. The number of rotatable bonds is 5. The average molecular weight is 334 g/mol. The molecule has 0 fully saturated rings. The molecule has 122 valence electrons. The smallest absolute Gasteiger partial charge is 0.223 e. The summed E-state index contributed by atoms with van der Waals surface area (Å²) in [7, 11) is 0. The van der Waals surface area contributed by atoms with Crippen molar-refractivity contribution < 1.29 is 5.11 Å². The lowest BCUT2D eigenvalue weighted by Crippen LogP contribution is -2.39. The molecule has 2 heterocycles. The van der Waals surface area contributed by atoms with E-state index in [-0.39, 0.29) is 11.1 Å². The van der Waals surface area contributed by atoms with Gasteiger partial charge in [0.1, 0.15) is 11.0 Å². The van der Waals surface area contributed by atoms with Crippen LogP contribution in [-0.2, 0) is 13.0 Å². The third-order valence-corrected chi connectivity index (χ3v) is 4.10. The molecule has 1 aromatic carbocycles. The average Bonchev–Trinajstić information content (AvgIpc) is 2.52. The highest BCUT2D eigenvalue weighted by Gasteiger charge is 2.18. The first-order valence-electron chi connectivity index (χ1n) is 7.61. The molecule has 0 aliphatic carbocycles. The molecule has 4 N–H and O–H groups in total. The second kappa shape index (κ2) is 7.12. The first kappa shape index (κ1) is 16.0. The molecule has 0 spiro atoms. The van der Waals surface area contributed by atoms with Gasteiger partial charge < -0.3 is 16.2 Å². The zero-order chi connectivity index (χ0) is 16.2. The van der Waals surface area contributed by atoms with Gasteiger partial charge in [0.15, 0.2) is 0 Å². The first-order chi connectivity index (χ1) is 11.1. The van der Waals surface area contributed by atoms with E-state index in [4.69, 9.17) is 17.3 Å². The summed E-state index contributed by atoms with van der Waals surface area (Å²) in [5, 5.41) is 13.6. The molecule has 1 aliphatic heterocycles. The third-order valence-electron chi connectivity index (χ3n) is 3.91. The van der Waals surface area contributed by atoms with Crippen LogP contribution in [0, 0.1) is 0 Å². The Morgan fingerprint density at radius 2 is 2.09 bits per heavy atom. The number of fused-ring (bicyclic) bond motifs is 1. The van der Waals surface area contributed by atoms with Crippen molar-refractivity contribution in [2.24, 2.45) is 0 Å². The molecule has 1 aromatic heterocycles. The van der Waals surface area contributed by atoms with Crippen LogP contribution in [0.5, 0.6) is 0 Å². The van der Waals surface area contributed by atoms with Crippen molar-refractivity contribution in [2.75, 3.05) is 30.7 Å². The fourth-order valence-corrected chi connectivity index (χ4v) is 3.01. The third kappa shape index (κ3) is 4.31. The summed E-state index contributed by atoms with van der Waals surface area (Å²) in [6.45, 7) is 2.82. The second-order valence-corrected chi connectivity index (χ2v) is 6.11. The van der Waals surface area contributed by atoms with E-state index in [9.17, 15) is 5.11 Å². The maximum absolute atomic E-state index is 10.2. The number of nitrogens with one attached hydrogen (secondary N) is 1. The summed E-state index contributed by atoms with van der Waals surface area (Å²) in [5.41, 5.74) is 8.29. The summed E-state index contributed by atoms with van der Waals surface area (Å²) >= 11 is 5.83. The van der Waals surface area contributed by atoms with E-state index >= 15 is 0 Å². The minimum absolute atomic E-state index is 0.113. The van der Waals surface area contributed by atoms with E-state index in [0.29, 0.717) is 18.9 Å². The van der Waals surface area contributed by atoms with Crippen molar-refractivity contribution in [1.29, 1.82) is 0 Å². The fourth-order valence-electron chi connectivity index (χ4n) is 2.82. The lowest BCUT2D eigenvalue weighted by atomic mass is 10.00. The van der Waals surface area contributed by atoms with E-state index < -0.39 is 6.10 Å². The van der Waals surface area contributed by atoms with Crippen molar-refractivity contribution in [2.45, 2.75) is 19.1 Å². The molecule has 0 amide bonds. The van der Waals surface area contributed by atoms with Crippen LogP contribution < -0.4 is 11.1 Å². The zero-order valence-corrected chi connectivity index (χ0v) is 13.5. The standard InChI is InChI=1S/C16H20ClN5O/c17-14-7-15(21-16(18)20-14)19-8-13(23)10-22-6-5-11-3-1-2-4-12(11)9-22/h1-4,7,13,23H,5-6,8-10H2,(H3,18,19,20,21). The van der Waals surface area contributed by atoms with Crippen LogP contribution in [0.4, 0.5) is 11.8 Å². The van der Waals surface area contributed by atoms with Crippen LogP contribution >= 0.6 is 11.6 Å². The summed E-state index contributed by atoms with van der Waals surface area (Å²) in [4.78, 5) is 10.1. The number of hydrogen-bond acceptors (Lipinski definition) is 6. The number of halogens is 1. The Kier molecular flexibility index (Phi) is 4.95. The molecule has 0 bridgehead atoms. The minimum atomic E-state index is -0.504. The summed E-state index contributed by atoms with van der Waals surface area (Å²) in [5.74, 6) is 0.632. The highest BCUT2D eigenvalue weighted by atomic mass is 35.5. The monoisotopic (exact) mass is 333 g/mol. The molecule has 0 saturated heterocycles. The molecule has 0 saturated carbocycles. The Morgan fingerprint density at radius 1 is 1.30 bits per heavy atom. The Bertz CT molecular complexity index is 661. The molecule has 6 nitrogen and oxygen atoms in total. The number of hydrogen-bond donors (Lipinski definition) is 3. The quantitative estimate of drug-likeness (QED) is 0.720. The van der Waals surface area contributed by atoms with E-state index in [0.717, 1.165) is 19.5 Å². The number of aliphatic hydroxyl groups is 1. The van der Waals surface area contributed by atoms with Gasteiger partial charge in [-0.15, -0.1) is 0 Å². The van der Waals surface area contributed by atoms with Gasteiger partial charge in [0.2, 0.25) is 5.95 Å². The highest BCUT2D eigenvalue weighted by Crippen LogP contribution is 2.18. The van der Waals surface area contributed by atoms with E-state index in [1.165, 1.54) is 11.1 Å². The largest absolute Gasteiger partial charge is 0.390 e. The Labute approximate surface area is 140 Å². The lowest BCUT2D eigenvalue weighted by Gasteiger charge is -2.30. The molecule has 1 atom stereocenters. The topological polar surface area (TPSA) is 87.3 Å². The lowest BCUT2D eigenvalue weighted by molar-refractivity contribution is 0.114. The van der Waals surface area contributed by atoms with E-state index in [1.54, 1.807) is 6.07 Å². The number of benzene rings is 1. The molecule has 2 aromatic rings. The molecular formula is C16H20ClN5O. The minimum Gasteiger partial charge on any atom is -0.390 e. The van der Waals surface area contributed by atoms with Gasteiger partial charge in [-0.05, 0) is 17.5 Å². The number of anilines is 2. The van der Waals surface area contributed by atoms with Crippen LogP contribution in [0.3, 0.4) is 0 Å². The number of nitrogens with zero attached hydrogens (tertiary/aromatic N) is 3. The SMILES string of the molecule is Nc1nc(Cl)cc(NCC(O)CN2CCc3ccccc3C2)n1. The fraction of sp³-hybridized carbons (Fsp3) is 0.375. The summed E-state index contributed by atoms with van der Waals surface area (Å²) in [6.07, 6.45) is 0.518. The van der Waals surface area contributed by atoms with Gasteiger partial charge >= 0.3 is 0 Å². The van der Waals surface area contributed by atoms with Gasteiger partial charge in [-0.25, -0.2) is 4.98 Å². The van der Waals surface area contributed by atoms with Crippen molar-refractivity contribution in [3.8, 4) is 0 Å². The Morgan fingerprint density at radius 3 is 2.87 bits per heavy atom. The molecule has 1 unspecified atom stereocenters. The number of aromatic nitrogens is 2. The van der Waals surface area contributed by atoms with Crippen LogP contribution in [-0.4, -0.2) is 45.7 Å². The Balaban J connectivity index is 1.51. The molecule has 7 heteroatoms. The van der Waals surface area contributed by atoms with Gasteiger partial charge in [0.25, 0.3) is 0 Å². The zero-order valence-electron chi connectivity index (χ0n) is 12.7. The van der Waals surface area contributed by atoms with Crippen LogP contribution in [0.15, 0.2) is 30.3 Å². The predicted molar refractivity (Wildman–Crippen MR) is 91.4 cm³/mol. The molecular weight excluding hydrogens is 314 g/mol. The van der Waals surface area contributed by atoms with Gasteiger partial charge in [0, 0.05) is 32.2 Å². The van der Waals surface area contributed by atoms with Crippen LogP contribution in [0.2, 0.25) is 5.15 Å². The first-order valence-corrected chi connectivity index (χ1v) is 7.99. The van der Waals surface area contributed by atoms with Gasteiger partial charge in [-0.1, -0.05) is 35.9 Å². The highest BCUT2D eigenvalue weighted by molar-refractivity contribution is 6.29.